The zero-order chi connectivity index (χ0) is 20.4. The van der Waals surface area contributed by atoms with Gasteiger partial charge in [0.05, 0.1) is 28.4 Å². The van der Waals surface area contributed by atoms with Gasteiger partial charge in [-0.25, -0.2) is 4.98 Å². The zero-order valence-electron chi connectivity index (χ0n) is 16.1. The van der Waals surface area contributed by atoms with Crippen molar-refractivity contribution in [3.63, 3.8) is 0 Å². The standard InChI is InChI=1S/C23H18N4OS/c1-15-11-16(2)21-20(12-15)29-23(26-21)27(14-18-7-9-25-10-8-18)22(28)19-5-3-17(13-24)4-6-19/h3-12H,14H2,1-2H3. The first-order chi connectivity index (χ1) is 14.0. The molecular formula is C23H18N4OS. The lowest BCUT2D eigenvalue weighted by atomic mass is 10.1. The lowest BCUT2D eigenvalue weighted by molar-refractivity contribution is 0.0985. The van der Waals surface area contributed by atoms with E-state index >= 15 is 0 Å². The van der Waals surface area contributed by atoms with Gasteiger partial charge in [0.15, 0.2) is 5.13 Å². The van der Waals surface area contributed by atoms with Gasteiger partial charge in [0, 0.05) is 18.0 Å². The molecule has 1 amide bonds. The minimum absolute atomic E-state index is 0.153. The molecule has 6 heteroatoms. The van der Waals surface area contributed by atoms with Gasteiger partial charge >= 0.3 is 0 Å². The number of rotatable bonds is 4. The van der Waals surface area contributed by atoms with E-state index < -0.39 is 0 Å². The number of nitriles is 1. The van der Waals surface area contributed by atoms with Crippen molar-refractivity contribution in [3.05, 3.63) is 88.7 Å². The summed E-state index contributed by atoms with van der Waals surface area (Å²) < 4.78 is 1.06. The second kappa shape index (κ2) is 7.82. The molecule has 0 radical (unpaired) electrons. The van der Waals surface area contributed by atoms with Crippen LogP contribution in [0.3, 0.4) is 0 Å². The molecule has 4 aromatic rings. The molecular weight excluding hydrogens is 380 g/mol. The highest BCUT2D eigenvalue weighted by molar-refractivity contribution is 7.22. The van der Waals surface area contributed by atoms with Crippen LogP contribution in [0.15, 0.2) is 60.9 Å². The topological polar surface area (TPSA) is 69.9 Å². The number of anilines is 1. The van der Waals surface area contributed by atoms with E-state index in [1.54, 1.807) is 41.6 Å². The van der Waals surface area contributed by atoms with E-state index in [0.717, 1.165) is 21.3 Å². The third-order valence-corrected chi connectivity index (χ3v) is 5.67. The smallest absolute Gasteiger partial charge is 0.260 e. The number of benzene rings is 2. The Hall–Kier alpha value is -3.56. The van der Waals surface area contributed by atoms with Crippen molar-refractivity contribution in [2.24, 2.45) is 0 Å². The predicted octanol–water partition coefficient (Wildman–Crippen LogP) is 5.03. The second-order valence-corrected chi connectivity index (χ2v) is 7.87. The van der Waals surface area contributed by atoms with Gasteiger partial charge in [-0.1, -0.05) is 17.4 Å². The summed E-state index contributed by atoms with van der Waals surface area (Å²) in [5, 5.41) is 9.67. The lowest BCUT2D eigenvalue weighted by Crippen LogP contribution is -2.30. The fourth-order valence-electron chi connectivity index (χ4n) is 3.21. The monoisotopic (exact) mass is 398 g/mol. The second-order valence-electron chi connectivity index (χ2n) is 6.86. The van der Waals surface area contributed by atoms with Crippen LogP contribution in [-0.2, 0) is 6.54 Å². The highest BCUT2D eigenvalue weighted by Gasteiger charge is 2.22. The highest BCUT2D eigenvalue weighted by Crippen LogP contribution is 2.33. The normalized spacial score (nSPS) is 10.7. The molecule has 0 bridgehead atoms. The van der Waals surface area contributed by atoms with Gasteiger partial charge in [0.1, 0.15) is 0 Å². The van der Waals surface area contributed by atoms with Crippen molar-refractivity contribution < 1.29 is 4.79 Å². The molecule has 0 fully saturated rings. The van der Waals surface area contributed by atoms with Crippen molar-refractivity contribution in [1.29, 1.82) is 5.26 Å². The molecule has 2 aromatic heterocycles. The third-order valence-electron chi connectivity index (χ3n) is 4.65. The van der Waals surface area contributed by atoms with Crippen molar-refractivity contribution in [2.45, 2.75) is 20.4 Å². The van der Waals surface area contributed by atoms with E-state index in [4.69, 9.17) is 10.2 Å². The summed E-state index contributed by atoms with van der Waals surface area (Å²) in [4.78, 5) is 23.9. The average molecular weight is 398 g/mol. The molecule has 2 aromatic carbocycles. The maximum atomic E-state index is 13.4. The number of aromatic nitrogens is 2. The molecule has 0 aliphatic rings. The van der Waals surface area contributed by atoms with Crippen molar-refractivity contribution in [2.75, 3.05) is 4.90 Å². The molecule has 5 nitrogen and oxygen atoms in total. The number of hydrogen-bond donors (Lipinski definition) is 0. The zero-order valence-corrected chi connectivity index (χ0v) is 16.9. The van der Waals surface area contributed by atoms with E-state index in [0.29, 0.717) is 22.8 Å². The summed E-state index contributed by atoms with van der Waals surface area (Å²) in [6.45, 7) is 4.48. The summed E-state index contributed by atoms with van der Waals surface area (Å²) in [7, 11) is 0. The van der Waals surface area contributed by atoms with Gasteiger partial charge in [-0.05, 0) is 73.0 Å². The van der Waals surface area contributed by atoms with E-state index in [2.05, 4.69) is 30.1 Å². The average Bonchev–Trinajstić information content (AvgIpc) is 3.16. The number of amides is 1. The van der Waals surface area contributed by atoms with E-state index in [1.807, 2.05) is 19.1 Å². The maximum Gasteiger partial charge on any atom is 0.260 e. The van der Waals surface area contributed by atoms with Gasteiger partial charge in [0.25, 0.3) is 5.91 Å². The Morgan fingerprint density at radius 1 is 1.10 bits per heavy atom. The molecule has 0 unspecified atom stereocenters. The number of pyridine rings is 1. The van der Waals surface area contributed by atoms with E-state index in [9.17, 15) is 4.79 Å². The summed E-state index contributed by atoms with van der Waals surface area (Å²) in [5.74, 6) is -0.153. The lowest BCUT2D eigenvalue weighted by Gasteiger charge is -2.20. The Morgan fingerprint density at radius 3 is 2.52 bits per heavy atom. The minimum Gasteiger partial charge on any atom is -0.279 e. The van der Waals surface area contributed by atoms with Crippen LogP contribution in [0.1, 0.15) is 32.6 Å². The Labute approximate surface area is 172 Å². The fraction of sp³-hybridized carbons (Fsp3) is 0.130. The van der Waals surface area contributed by atoms with Crippen molar-refractivity contribution in [1.82, 2.24) is 9.97 Å². The molecule has 0 saturated carbocycles. The van der Waals surface area contributed by atoms with Crippen LogP contribution >= 0.6 is 11.3 Å². The van der Waals surface area contributed by atoms with Gasteiger partial charge in [0.2, 0.25) is 0 Å². The van der Waals surface area contributed by atoms with Gasteiger partial charge in [-0.15, -0.1) is 0 Å². The first kappa shape index (κ1) is 18.8. The van der Waals surface area contributed by atoms with Gasteiger partial charge in [-0.3, -0.25) is 14.7 Å². The Balaban J connectivity index is 1.78. The summed E-state index contributed by atoms with van der Waals surface area (Å²) in [6, 6.07) is 16.7. The van der Waals surface area contributed by atoms with Crippen LogP contribution < -0.4 is 4.90 Å². The van der Waals surface area contributed by atoms with E-state index in [1.165, 1.54) is 16.9 Å². The largest absolute Gasteiger partial charge is 0.279 e. The summed E-state index contributed by atoms with van der Waals surface area (Å²) in [6.07, 6.45) is 3.43. The minimum atomic E-state index is -0.153. The first-order valence-corrected chi connectivity index (χ1v) is 9.95. The molecule has 0 aliphatic heterocycles. The quantitative estimate of drug-likeness (QED) is 0.484. The summed E-state index contributed by atoms with van der Waals surface area (Å²) >= 11 is 1.51. The molecule has 0 atom stereocenters. The number of carbonyl (C=O) groups is 1. The molecule has 0 saturated heterocycles. The van der Waals surface area contributed by atoms with Crippen LogP contribution in [0.25, 0.3) is 10.2 Å². The molecule has 0 aliphatic carbocycles. The Kier molecular flexibility index (Phi) is 5.07. The molecule has 0 N–H and O–H groups in total. The van der Waals surface area contributed by atoms with Crippen LogP contribution in [0.4, 0.5) is 5.13 Å². The van der Waals surface area contributed by atoms with Gasteiger partial charge in [-0.2, -0.15) is 5.26 Å². The van der Waals surface area contributed by atoms with Crippen LogP contribution in [0, 0.1) is 25.2 Å². The number of carbonyl (C=O) groups excluding carboxylic acids is 1. The van der Waals surface area contributed by atoms with Crippen molar-refractivity contribution in [3.8, 4) is 6.07 Å². The predicted molar refractivity (Wildman–Crippen MR) is 115 cm³/mol. The van der Waals surface area contributed by atoms with E-state index in [-0.39, 0.29) is 5.91 Å². The van der Waals surface area contributed by atoms with Crippen LogP contribution in [0.2, 0.25) is 0 Å². The van der Waals surface area contributed by atoms with Gasteiger partial charge < -0.3 is 0 Å². The number of hydrogen-bond acceptors (Lipinski definition) is 5. The third kappa shape index (κ3) is 3.86. The highest BCUT2D eigenvalue weighted by atomic mass is 32.1. The first-order valence-electron chi connectivity index (χ1n) is 9.14. The van der Waals surface area contributed by atoms with Crippen LogP contribution in [-0.4, -0.2) is 15.9 Å². The fourth-order valence-corrected chi connectivity index (χ4v) is 4.35. The molecule has 29 heavy (non-hydrogen) atoms. The number of fused-ring (bicyclic) bond motifs is 1. The maximum absolute atomic E-state index is 13.4. The Morgan fingerprint density at radius 2 is 1.83 bits per heavy atom. The van der Waals surface area contributed by atoms with Crippen molar-refractivity contribution >= 4 is 32.6 Å². The SMILES string of the molecule is Cc1cc(C)c2nc(N(Cc3ccncc3)C(=O)c3ccc(C#N)cc3)sc2c1. The number of aryl methyl sites for hydroxylation is 2. The Bertz CT molecular complexity index is 1220. The molecule has 4 rings (SSSR count). The molecule has 0 spiro atoms. The molecule has 142 valence electrons. The number of nitrogens with zero attached hydrogens (tertiary/aromatic N) is 4. The molecule has 2 heterocycles. The number of thiazole rings is 1. The summed E-state index contributed by atoms with van der Waals surface area (Å²) in [5.41, 5.74) is 5.19. The van der Waals surface area contributed by atoms with Crippen LogP contribution in [0.5, 0.6) is 0 Å².